The van der Waals surface area contributed by atoms with E-state index in [1.54, 1.807) is 0 Å². The summed E-state index contributed by atoms with van der Waals surface area (Å²) in [6.07, 6.45) is 1.00. The molecule has 5 nitrogen and oxygen atoms in total. The minimum absolute atomic E-state index is 0.0979. The number of rotatable bonds is 6. The van der Waals surface area contributed by atoms with E-state index in [0.717, 1.165) is 18.7 Å². The van der Waals surface area contributed by atoms with Crippen LogP contribution >= 0.6 is 0 Å². The first kappa shape index (κ1) is 16.0. The van der Waals surface area contributed by atoms with E-state index in [1.165, 1.54) is 0 Å². The fourth-order valence-electron chi connectivity index (χ4n) is 1.53. The predicted molar refractivity (Wildman–Crippen MR) is 83.9 cm³/mol. The second-order valence-electron chi connectivity index (χ2n) is 4.56. The average Bonchev–Trinajstić information content (AvgIpc) is 2.46. The van der Waals surface area contributed by atoms with E-state index in [0.29, 0.717) is 12.0 Å². The lowest BCUT2D eigenvalue weighted by atomic mass is 10.3. The van der Waals surface area contributed by atoms with E-state index < -0.39 is 0 Å². The number of para-hydroxylation sites is 1. The molecule has 0 aromatic heterocycles. The molecule has 0 aliphatic rings. The highest BCUT2D eigenvalue weighted by atomic mass is 16.1. The molecule has 1 unspecified atom stereocenters. The third-order valence-electron chi connectivity index (χ3n) is 2.78. The number of hydrogen-bond acceptors (Lipinski definition) is 2. The molecule has 0 saturated heterocycles. The number of carbonyl (C=O) groups is 1. The van der Waals surface area contributed by atoms with Gasteiger partial charge in [-0.25, -0.2) is 4.99 Å². The lowest BCUT2D eigenvalue weighted by molar-refractivity contribution is -0.114. The number of anilines is 1. The summed E-state index contributed by atoms with van der Waals surface area (Å²) in [4.78, 5) is 16.1. The molecule has 0 fully saturated rings. The maximum absolute atomic E-state index is 11.8. The van der Waals surface area contributed by atoms with Crippen LogP contribution in [0.2, 0.25) is 0 Å². The van der Waals surface area contributed by atoms with E-state index in [1.807, 2.05) is 37.3 Å². The van der Waals surface area contributed by atoms with E-state index in [2.05, 4.69) is 34.8 Å². The Kier molecular flexibility index (Phi) is 7.17. The Labute approximate surface area is 120 Å². The van der Waals surface area contributed by atoms with Crippen molar-refractivity contribution in [2.24, 2.45) is 4.99 Å². The quantitative estimate of drug-likeness (QED) is 0.550. The van der Waals surface area contributed by atoms with E-state index in [9.17, 15) is 4.79 Å². The van der Waals surface area contributed by atoms with Crippen LogP contribution in [0.1, 0.15) is 27.2 Å². The highest BCUT2D eigenvalue weighted by molar-refractivity contribution is 5.94. The summed E-state index contributed by atoms with van der Waals surface area (Å²) >= 11 is 0. The summed E-state index contributed by atoms with van der Waals surface area (Å²) < 4.78 is 0. The number of amides is 1. The van der Waals surface area contributed by atoms with Gasteiger partial charge in [0.25, 0.3) is 0 Å². The van der Waals surface area contributed by atoms with Crippen molar-refractivity contribution >= 4 is 17.6 Å². The van der Waals surface area contributed by atoms with Crippen LogP contribution in [0.3, 0.4) is 0 Å². The second kappa shape index (κ2) is 8.96. The van der Waals surface area contributed by atoms with E-state index in [-0.39, 0.29) is 12.5 Å². The minimum atomic E-state index is -0.127. The molecule has 1 aromatic rings. The van der Waals surface area contributed by atoms with Crippen molar-refractivity contribution < 1.29 is 4.79 Å². The van der Waals surface area contributed by atoms with Crippen LogP contribution in [0, 0.1) is 0 Å². The molecule has 20 heavy (non-hydrogen) atoms. The fraction of sp³-hybridized carbons (Fsp3) is 0.467. The van der Waals surface area contributed by atoms with Crippen molar-refractivity contribution in [1.29, 1.82) is 0 Å². The summed E-state index contributed by atoms with van der Waals surface area (Å²) in [6.45, 7) is 7.04. The Bertz CT molecular complexity index is 431. The summed E-state index contributed by atoms with van der Waals surface area (Å²) in [5.41, 5.74) is 0.785. The molecule has 0 aliphatic carbocycles. The van der Waals surface area contributed by atoms with Gasteiger partial charge in [-0.1, -0.05) is 25.1 Å². The molecule has 0 heterocycles. The van der Waals surface area contributed by atoms with Gasteiger partial charge in [0, 0.05) is 18.3 Å². The number of nitrogens with zero attached hydrogens (tertiary/aromatic N) is 1. The number of aliphatic imine (C=N–C) groups is 1. The Morgan fingerprint density at radius 2 is 1.95 bits per heavy atom. The SMILES string of the molecule is CCNC(=NCC(=O)Nc1ccccc1)NC(C)CC. The van der Waals surface area contributed by atoms with Crippen LogP contribution < -0.4 is 16.0 Å². The van der Waals surface area contributed by atoms with Crippen LogP contribution in [0.15, 0.2) is 35.3 Å². The molecule has 0 saturated carbocycles. The molecular weight excluding hydrogens is 252 g/mol. The van der Waals surface area contributed by atoms with Gasteiger partial charge in [-0.15, -0.1) is 0 Å². The number of hydrogen-bond donors (Lipinski definition) is 3. The largest absolute Gasteiger partial charge is 0.357 e. The Hall–Kier alpha value is -2.04. The molecule has 1 aromatic carbocycles. The molecule has 1 amide bonds. The Morgan fingerprint density at radius 3 is 2.55 bits per heavy atom. The van der Waals surface area contributed by atoms with Crippen LogP contribution in [-0.4, -0.2) is 31.0 Å². The molecular formula is C15H24N4O. The zero-order valence-corrected chi connectivity index (χ0v) is 12.4. The summed E-state index contributed by atoms with van der Waals surface area (Å²) in [5, 5.41) is 9.18. The monoisotopic (exact) mass is 276 g/mol. The first-order valence-electron chi connectivity index (χ1n) is 7.05. The van der Waals surface area contributed by atoms with Gasteiger partial charge in [0.05, 0.1) is 0 Å². The van der Waals surface area contributed by atoms with Gasteiger partial charge in [0.2, 0.25) is 5.91 Å². The average molecular weight is 276 g/mol. The van der Waals surface area contributed by atoms with Gasteiger partial charge >= 0.3 is 0 Å². The van der Waals surface area contributed by atoms with Crippen LogP contribution in [0.25, 0.3) is 0 Å². The lowest BCUT2D eigenvalue weighted by Crippen LogP contribution is -2.42. The van der Waals surface area contributed by atoms with Gasteiger partial charge < -0.3 is 16.0 Å². The van der Waals surface area contributed by atoms with Gasteiger partial charge in [-0.3, -0.25) is 4.79 Å². The normalized spacial score (nSPS) is 12.7. The van der Waals surface area contributed by atoms with Crippen molar-refractivity contribution in [2.75, 3.05) is 18.4 Å². The molecule has 1 rings (SSSR count). The van der Waals surface area contributed by atoms with Crippen LogP contribution in [0.5, 0.6) is 0 Å². The van der Waals surface area contributed by atoms with Crippen molar-refractivity contribution in [3.63, 3.8) is 0 Å². The maximum atomic E-state index is 11.8. The molecule has 110 valence electrons. The first-order valence-corrected chi connectivity index (χ1v) is 7.05. The van der Waals surface area contributed by atoms with E-state index in [4.69, 9.17) is 0 Å². The highest BCUT2D eigenvalue weighted by Crippen LogP contribution is 2.04. The fourth-order valence-corrected chi connectivity index (χ4v) is 1.53. The summed E-state index contributed by atoms with van der Waals surface area (Å²) in [7, 11) is 0. The molecule has 0 aliphatic heterocycles. The number of guanidine groups is 1. The molecule has 5 heteroatoms. The molecule has 3 N–H and O–H groups in total. The Morgan fingerprint density at radius 1 is 1.25 bits per heavy atom. The second-order valence-corrected chi connectivity index (χ2v) is 4.56. The molecule has 1 atom stereocenters. The molecule has 0 radical (unpaired) electrons. The van der Waals surface area contributed by atoms with Crippen molar-refractivity contribution in [3.05, 3.63) is 30.3 Å². The maximum Gasteiger partial charge on any atom is 0.246 e. The van der Waals surface area contributed by atoms with Crippen molar-refractivity contribution in [1.82, 2.24) is 10.6 Å². The zero-order chi connectivity index (χ0) is 14.8. The van der Waals surface area contributed by atoms with Gasteiger partial charge in [-0.2, -0.15) is 0 Å². The zero-order valence-electron chi connectivity index (χ0n) is 12.4. The minimum Gasteiger partial charge on any atom is -0.357 e. The van der Waals surface area contributed by atoms with Gasteiger partial charge in [-0.05, 0) is 32.4 Å². The summed E-state index contributed by atoms with van der Waals surface area (Å²) in [5.74, 6) is 0.544. The smallest absolute Gasteiger partial charge is 0.246 e. The first-order chi connectivity index (χ1) is 9.65. The predicted octanol–water partition coefficient (Wildman–Crippen LogP) is 1.98. The number of nitrogens with one attached hydrogen (secondary N) is 3. The van der Waals surface area contributed by atoms with Crippen molar-refractivity contribution in [2.45, 2.75) is 33.2 Å². The third-order valence-corrected chi connectivity index (χ3v) is 2.78. The third kappa shape index (κ3) is 6.22. The van der Waals surface area contributed by atoms with Crippen molar-refractivity contribution in [3.8, 4) is 0 Å². The number of carbonyl (C=O) groups excluding carboxylic acids is 1. The summed E-state index contributed by atoms with van der Waals surface area (Å²) in [6, 6.07) is 9.70. The Balaban J connectivity index is 2.51. The van der Waals surface area contributed by atoms with Crippen LogP contribution in [-0.2, 0) is 4.79 Å². The molecule has 0 bridgehead atoms. The lowest BCUT2D eigenvalue weighted by Gasteiger charge is -2.16. The van der Waals surface area contributed by atoms with Gasteiger partial charge in [0.1, 0.15) is 6.54 Å². The standard InChI is InChI=1S/C15H24N4O/c1-4-12(3)18-15(16-5-2)17-11-14(20)19-13-9-7-6-8-10-13/h6-10,12H,4-5,11H2,1-3H3,(H,19,20)(H2,16,17,18). The number of benzene rings is 1. The highest BCUT2D eigenvalue weighted by Gasteiger charge is 2.05. The molecule has 0 spiro atoms. The van der Waals surface area contributed by atoms with Gasteiger partial charge in [0.15, 0.2) is 5.96 Å². The topological polar surface area (TPSA) is 65.5 Å². The van der Waals surface area contributed by atoms with E-state index >= 15 is 0 Å². The van der Waals surface area contributed by atoms with Crippen LogP contribution in [0.4, 0.5) is 5.69 Å².